The lowest BCUT2D eigenvalue weighted by molar-refractivity contribution is 0.0691. The quantitative estimate of drug-likeness (QED) is 0.933. The average Bonchev–Trinajstić information content (AvgIpc) is 2.54. The molecule has 0 unspecified atom stereocenters. The van der Waals surface area contributed by atoms with E-state index < -0.39 is 5.97 Å². The number of pyridine rings is 1. The number of carboxylic acid groups (broad SMARTS) is 1. The van der Waals surface area contributed by atoms with Crippen molar-refractivity contribution in [3.05, 3.63) is 36.0 Å². The SMILES string of the molecule is CN(c1cc(C(=O)O)nc2ccccc12)C1CCCCC1. The first-order valence-corrected chi connectivity index (χ1v) is 7.53. The molecule has 0 bridgehead atoms. The van der Waals surface area contributed by atoms with Crippen molar-refractivity contribution < 1.29 is 9.90 Å². The summed E-state index contributed by atoms with van der Waals surface area (Å²) in [4.78, 5) is 17.8. The van der Waals surface area contributed by atoms with Crippen LogP contribution in [0.25, 0.3) is 10.9 Å². The number of anilines is 1. The number of benzene rings is 1. The molecule has 0 atom stereocenters. The number of aromatic nitrogens is 1. The lowest BCUT2D eigenvalue weighted by atomic mass is 9.94. The van der Waals surface area contributed by atoms with Crippen LogP contribution in [0.3, 0.4) is 0 Å². The van der Waals surface area contributed by atoms with Crippen molar-refractivity contribution in [3.8, 4) is 0 Å². The van der Waals surface area contributed by atoms with Crippen molar-refractivity contribution in [1.29, 1.82) is 0 Å². The number of hydrogen-bond donors (Lipinski definition) is 1. The summed E-state index contributed by atoms with van der Waals surface area (Å²) in [5.74, 6) is -0.973. The smallest absolute Gasteiger partial charge is 0.354 e. The van der Waals surface area contributed by atoms with E-state index in [1.165, 1.54) is 32.1 Å². The molecule has 1 saturated carbocycles. The van der Waals surface area contributed by atoms with Crippen LogP contribution in [0.5, 0.6) is 0 Å². The van der Waals surface area contributed by atoms with E-state index in [-0.39, 0.29) is 5.69 Å². The van der Waals surface area contributed by atoms with Crippen LogP contribution in [0.2, 0.25) is 0 Å². The normalized spacial score (nSPS) is 16.0. The summed E-state index contributed by atoms with van der Waals surface area (Å²) < 4.78 is 0. The van der Waals surface area contributed by atoms with Crippen molar-refractivity contribution in [2.45, 2.75) is 38.1 Å². The highest BCUT2D eigenvalue weighted by molar-refractivity contribution is 5.97. The van der Waals surface area contributed by atoms with Crippen molar-refractivity contribution in [2.24, 2.45) is 0 Å². The van der Waals surface area contributed by atoms with Crippen molar-refractivity contribution in [2.75, 3.05) is 11.9 Å². The Hall–Kier alpha value is -2.10. The van der Waals surface area contributed by atoms with Gasteiger partial charge in [-0.3, -0.25) is 0 Å². The largest absolute Gasteiger partial charge is 0.477 e. The third-order valence-electron chi connectivity index (χ3n) is 4.42. The van der Waals surface area contributed by atoms with Crippen LogP contribution in [0, 0.1) is 0 Å². The Labute approximate surface area is 124 Å². The summed E-state index contributed by atoms with van der Waals surface area (Å²) in [6.07, 6.45) is 6.17. The number of nitrogens with zero attached hydrogens (tertiary/aromatic N) is 2. The van der Waals surface area contributed by atoms with Gasteiger partial charge in [0.1, 0.15) is 0 Å². The van der Waals surface area contributed by atoms with E-state index in [0.717, 1.165) is 16.6 Å². The molecule has 1 aromatic heterocycles. The maximum Gasteiger partial charge on any atom is 0.354 e. The van der Waals surface area contributed by atoms with E-state index in [1.54, 1.807) is 6.07 Å². The number of fused-ring (bicyclic) bond motifs is 1. The van der Waals surface area contributed by atoms with Crippen LogP contribution in [0.1, 0.15) is 42.6 Å². The Morgan fingerprint density at radius 3 is 2.67 bits per heavy atom. The minimum atomic E-state index is -0.973. The van der Waals surface area contributed by atoms with Crippen LogP contribution in [-0.4, -0.2) is 29.1 Å². The molecule has 3 rings (SSSR count). The van der Waals surface area contributed by atoms with E-state index in [9.17, 15) is 9.90 Å². The fourth-order valence-electron chi connectivity index (χ4n) is 3.22. The highest BCUT2D eigenvalue weighted by Crippen LogP contribution is 2.31. The first-order valence-electron chi connectivity index (χ1n) is 7.53. The number of rotatable bonds is 3. The van der Waals surface area contributed by atoms with Gasteiger partial charge >= 0.3 is 5.97 Å². The Morgan fingerprint density at radius 1 is 1.24 bits per heavy atom. The minimum Gasteiger partial charge on any atom is -0.477 e. The number of aromatic carboxylic acids is 1. The maximum absolute atomic E-state index is 11.3. The average molecular weight is 284 g/mol. The number of para-hydroxylation sites is 1. The van der Waals surface area contributed by atoms with E-state index >= 15 is 0 Å². The Kier molecular flexibility index (Phi) is 3.78. The molecule has 0 amide bonds. The molecule has 1 heterocycles. The van der Waals surface area contributed by atoms with Crippen LogP contribution in [0.15, 0.2) is 30.3 Å². The molecule has 0 saturated heterocycles. The maximum atomic E-state index is 11.3. The number of carbonyl (C=O) groups is 1. The van der Waals surface area contributed by atoms with Crippen LogP contribution < -0.4 is 4.90 Å². The van der Waals surface area contributed by atoms with Crippen LogP contribution in [0.4, 0.5) is 5.69 Å². The van der Waals surface area contributed by atoms with Gasteiger partial charge in [0.05, 0.1) is 5.52 Å². The molecule has 4 heteroatoms. The van der Waals surface area contributed by atoms with E-state index in [0.29, 0.717) is 6.04 Å². The van der Waals surface area contributed by atoms with Gasteiger partial charge in [0, 0.05) is 24.2 Å². The van der Waals surface area contributed by atoms with E-state index in [1.807, 2.05) is 24.3 Å². The second-order valence-corrected chi connectivity index (χ2v) is 5.75. The van der Waals surface area contributed by atoms with Gasteiger partial charge in [0.2, 0.25) is 0 Å². The standard InChI is InChI=1S/C17H20N2O2/c1-19(12-7-3-2-4-8-12)16-11-15(17(20)21)18-14-10-6-5-9-13(14)16/h5-6,9-12H,2-4,7-8H2,1H3,(H,20,21). The molecule has 1 N–H and O–H groups in total. The molecule has 1 aliphatic carbocycles. The monoisotopic (exact) mass is 284 g/mol. The molecule has 21 heavy (non-hydrogen) atoms. The summed E-state index contributed by atoms with van der Waals surface area (Å²) in [5, 5.41) is 10.3. The summed E-state index contributed by atoms with van der Waals surface area (Å²) in [6.45, 7) is 0. The summed E-state index contributed by atoms with van der Waals surface area (Å²) >= 11 is 0. The third kappa shape index (κ3) is 2.71. The van der Waals surface area contributed by atoms with Gasteiger partial charge in [-0.15, -0.1) is 0 Å². The second-order valence-electron chi connectivity index (χ2n) is 5.75. The lowest BCUT2D eigenvalue weighted by Gasteiger charge is -2.33. The van der Waals surface area contributed by atoms with Gasteiger partial charge < -0.3 is 10.0 Å². The molecule has 0 spiro atoms. The fourth-order valence-corrected chi connectivity index (χ4v) is 3.22. The van der Waals surface area contributed by atoms with Crippen molar-refractivity contribution in [3.63, 3.8) is 0 Å². The molecule has 4 nitrogen and oxygen atoms in total. The molecule has 0 radical (unpaired) electrons. The van der Waals surface area contributed by atoms with Crippen molar-refractivity contribution in [1.82, 2.24) is 4.98 Å². The van der Waals surface area contributed by atoms with E-state index in [2.05, 4.69) is 16.9 Å². The van der Waals surface area contributed by atoms with Crippen LogP contribution in [-0.2, 0) is 0 Å². The molecule has 0 aliphatic heterocycles. The predicted octanol–water partition coefficient (Wildman–Crippen LogP) is 3.70. The van der Waals surface area contributed by atoms with Gasteiger partial charge in [-0.25, -0.2) is 9.78 Å². The topological polar surface area (TPSA) is 53.4 Å². The molecule has 110 valence electrons. The van der Waals surface area contributed by atoms with E-state index in [4.69, 9.17) is 0 Å². The molecule has 1 fully saturated rings. The predicted molar refractivity (Wildman–Crippen MR) is 84.0 cm³/mol. The summed E-state index contributed by atoms with van der Waals surface area (Å²) in [7, 11) is 2.07. The first kappa shape index (κ1) is 13.9. The van der Waals surface area contributed by atoms with Gasteiger partial charge in [0.15, 0.2) is 5.69 Å². The fraction of sp³-hybridized carbons (Fsp3) is 0.412. The minimum absolute atomic E-state index is 0.117. The first-order chi connectivity index (χ1) is 10.2. The van der Waals surface area contributed by atoms with Crippen LogP contribution >= 0.6 is 0 Å². The zero-order valence-corrected chi connectivity index (χ0v) is 12.2. The Balaban J connectivity index is 2.08. The molecular formula is C17H20N2O2. The Bertz CT molecular complexity index is 663. The Morgan fingerprint density at radius 2 is 1.95 bits per heavy atom. The highest BCUT2D eigenvalue weighted by Gasteiger charge is 2.21. The summed E-state index contributed by atoms with van der Waals surface area (Å²) in [5.41, 5.74) is 1.84. The van der Waals surface area contributed by atoms with Crippen molar-refractivity contribution >= 4 is 22.6 Å². The second kappa shape index (κ2) is 5.72. The third-order valence-corrected chi connectivity index (χ3v) is 4.42. The zero-order chi connectivity index (χ0) is 14.8. The van der Waals surface area contributed by atoms with Gasteiger partial charge in [0.25, 0.3) is 0 Å². The zero-order valence-electron chi connectivity index (χ0n) is 12.2. The lowest BCUT2D eigenvalue weighted by Crippen LogP contribution is -2.33. The number of hydrogen-bond acceptors (Lipinski definition) is 3. The van der Waals surface area contributed by atoms with Gasteiger partial charge in [-0.2, -0.15) is 0 Å². The molecule has 2 aromatic rings. The molecule has 1 aliphatic rings. The highest BCUT2D eigenvalue weighted by atomic mass is 16.4. The summed E-state index contributed by atoms with van der Waals surface area (Å²) in [6, 6.07) is 9.96. The molecular weight excluding hydrogens is 264 g/mol. The molecule has 1 aromatic carbocycles. The van der Waals surface area contributed by atoms with Gasteiger partial charge in [-0.05, 0) is 25.0 Å². The number of carboxylic acids is 1. The van der Waals surface area contributed by atoms with Gasteiger partial charge in [-0.1, -0.05) is 37.5 Å².